The number of alkyl halides is 3. The van der Waals surface area contributed by atoms with Gasteiger partial charge in [0.25, 0.3) is 0 Å². The number of fused-ring (bicyclic) bond motifs is 1. The van der Waals surface area contributed by atoms with E-state index < -0.39 is 11.7 Å². The highest BCUT2D eigenvalue weighted by Gasteiger charge is 2.33. The Morgan fingerprint density at radius 3 is 2.65 bits per heavy atom. The average molecular weight is 443 g/mol. The Kier molecular flexibility index (Phi) is 5.75. The van der Waals surface area contributed by atoms with E-state index in [2.05, 4.69) is 10.1 Å². The molecule has 0 aliphatic carbocycles. The summed E-state index contributed by atoms with van der Waals surface area (Å²) in [7, 11) is 0. The second-order valence-corrected chi connectivity index (χ2v) is 8.93. The summed E-state index contributed by atoms with van der Waals surface area (Å²) in [4.78, 5) is 15.7. The molecule has 4 nitrogen and oxygen atoms in total. The molecule has 0 bridgehead atoms. The molecule has 1 aliphatic heterocycles. The zero-order chi connectivity index (χ0) is 22.2. The number of rotatable bonds is 5. The van der Waals surface area contributed by atoms with Crippen LogP contribution < -0.4 is 0 Å². The predicted octanol–water partition coefficient (Wildman–Crippen LogP) is 6.58. The van der Waals surface area contributed by atoms with Crippen LogP contribution in [0.1, 0.15) is 36.1 Å². The Hall–Kier alpha value is -2.87. The largest absolute Gasteiger partial charge is 0.416 e. The van der Waals surface area contributed by atoms with Crippen molar-refractivity contribution in [2.24, 2.45) is 10.9 Å². The standard InChI is InChI=1S/C23H20F3N3OS/c1-14(2)7-15-3-5-17(20(10-15)23(24,25)26)12-29-13-18-8-16(4-6-21(18)28-29)9-19-11-27-22(30)31-19/h3-6,8-11,13-14H,7,12H2,1-2H3/b19-9-. The molecule has 31 heavy (non-hydrogen) atoms. The third-order valence-electron chi connectivity index (χ3n) is 4.84. The first-order valence-corrected chi connectivity index (χ1v) is 10.6. The normalized spacial score (nSPS) is 15.7. The van der Waals surface area contributed by atoms with Crippen LogP contribution in [0.2, 0.25) is 0 Å². The summed E-state index contributed by atoms with van der Waals surface area (Å²) in [6.07, 6.45) is 1.27. The van der Waals surface area contributed by atoms with Crippen molar-refractivity contribution in [3.63, 3.8) is 0 Å². The molecule has 160 valence electrons. The topological polar surface area (TPSA) is 47.2 Å². The highest BCUT2D eigenvalue weighted by molar-refractivity contribution is 8.18. The van der Waals surface area contributed by atoms with Gasteiger partial charge in [-0.05, 0) is 65.1 Å². The van der Waals surface area contributed by atoms with Crippen molar-refractivity contribution in [2.75, 3.05) is 0 Å². The molecular weight excluding hydrogens is 423 g/mol. The molecule has 0 fully saturated rings. The van der Waals surface area contributed by atoms with Crippen LogP contribution >= 0.6 is 11.8 Å². The summed E-state index contributed by atoms with van der Waals surface area (Å²) in [5, 5.41) is 4.99. The molecule has 0 unspecified atom stereocenters. The number of hydrogen-bond donors (Lipinski definition) is 0. The van der Waals surface area contributed by atoms with E-state index in [0.29, 0.717) is 17.5 Å². The molecule has 1 aliphatic rings. The quantitative estimate of drug-likeness (QED) is 0.447. The van der Waals surface area contributed by atoms with E-state index in [1.165, 1.54) is 17.0 Å². The number of nitrogens with zero attached hydrogens (tertiary/aromatic N) is 3. The van der Waals surface area contributed by atoms with Gasteiger partial charge in [-0.1, -0.05) is 32.0 Å². The van der Waals surface area contributed by atoms with Crippen LogP contribution in [0.3, 0.4) is 0 Å². The lowest BCUT2D eigenvalue weighted by Crippen LogP contribution is -2.13. The molecule has 1 amide bonds. The molecule has 2 aromatic carbocycles. The van der Waals surface area contributed by atoms with E-state index in [0.717, 1.165) is 27.6 Å². The lowest BCUT2D eigenvalue weighted by Gasteiger charge is -2.15. The van der Waals surface area contributed by atoms with Crippen molar-refractivity contribution < 1.29 is 18.0 Å². The minimum absolute atomic E-state index is 0.0267. The van der Waals surface area contributed by atoms with Gasteiger partial charge in [-0.25, -0.2) is 4.99 Å². The van der Waals surface area contributed by atoms with Crippen LogP contribution in [0.4, 0.5) is 18.0 Å². The number of carbonyl (C=O) groups is 1. The molecule has 0 N–H and O–H groups in total. The second kappa shape index (κ2) is 8.34. The van der Waals surface area contributed by atoms with Gasteiger partial charge >= 0.3 is 11.4 Å². The monoisotopic (exact) mass is 443 g/mol. The second-order valence-electron chi connectivity index (χ2n) is 7.91. The third-order valence-corrected chi connectivity index (χ3v) is 5.58. The van der Waals surface area contributed by atoms with E-state index in [1.807, 2.05) is 38.1 Å². The molecule has 0 saturated heterocycles. The fourth-order valence-electron chi connectivity index (χ4n) is 3.57. The van der Waals surface area contributed by atoms with Gasteiger partial charge in [0.15, 0.2) is 0 Å². The molecule has 4 rings (SSSR count). The van der Waals surface area contributed by atoms with Crippen LogP contribution in [0.25, 0.3) is 17.0 Å². The summed E-state index contributed by atoms with van der Waals surface area (Å²) in [6.45, 7) is 3.99. The van der Waals surface area contributed by atoms with E-state index in [9.17, 15) is 18.0 Å². The summed E-state index contributed by atoms with van der Waals surface area (Å²) < 4.78 is 42.6. The smallest absolute Gasteiger partial charge is 0.267 e. The van der Waals surface area contributed by atoms with Crippen molar-refractivity contribution in [3.8, 4) is 0 Å². The van der Waals surface area contributed by atoms with Crippen LogP contribution in [0.15, 0.2) is 52.5 Å². The molecule has 1 aromatic heterocycles. The maximum Gasteiger partial charge on any atom is 0.416 e. The number of amides is 1. The van der Waals surface area contributed by atoms with Crippen LogP contribution in [-0.2, 0) is 19.1 Å². The van der Waals surface area contributed by atoms with Crippen molar-refractivity contribution >= 4 is 40.2 Å². The Bertz CT molecular complexity index is 1210. The van der Waals surface area contributed by atoms with Crippen molar-refractivity contribution in [1.29, 1.82) is 0 Å². The summed E-state index contributed by atoms with van der Waals surface area (Å²) in [5.41, 5.74) is 1.81. The first-order valence-electron chi connectivity index (χ1n) is 9.81. The molecule has 8 heteroatoms. The lowest BCUT2D eigenvalue weighted by atomic mass is 9.97. The van der Waals surface area contributed by atoms with Crippen LogP contribution in [0.5, 0.6) is 0 Å². The van der Waals surface area contributed by atoms with Gasteiger partial charge in [-0.3, -0.25) is 9.48 Å². The van der Waals surface area contributed by atoms with Gasteiger partial charge < -0.3 is 0 Å². The molecule has 0 radical (unpaired) electrons. The van der Waals surface area contributed by atoms with Crippen LogP contribution in [0, 0.1) is 5.92 Å². The predicted molar refractivity (Wildman–Crippen MR) is 118 cm³/mol. The first-order chi connectivity index (χ1) is 14.7. The zero-order valence-corrected chi connectivity index (χ0v) is 17.8. The Morgan fingerprint density at radius 2 is 1.97 bits per heavy atom. The van der Waals surface area contributed by atoms with E-state index in [-0.39, 0.29) is 23.3 Å². The minimum Gasteiger partial charge on any atom is -0.267 e. The third kappa shape index (κ3) is 5.07. The molecule has 2 heterocycles. The van der Waals surface area contributed by atoms with Gasteiger partial charge in [0, 0.05) is 22.7 Å². The van der Waals surface area contributed by atoms with Crippen molar-refractivity contribution in [3.05, 3.63) is 69.8 Å². The number of halogens is 3. The van der Waals surface area contributed by atoms with E-state index >= 15 is 0 Å². The number of thioether (sulfide) groups is 1. The first kappa shape index (κ1) is 21.4. The van der Waals surface area contributed by atoms with Crippen LogP contribution in [-0.4, -0.2) is 21.2 Å². The summed E-state index contributed by atoms with van der Waals surface area (Å²) in [5.74, 6) is 0.277. The molecule has 3 aromatic rings. The summed E-state index contributed by atoms with van der Waals surface area (Å²) >= 11 is 1.05. The number of hydrogen-bond acceptors (Lipinski definition) is 3. The number of benzene rings is 2. The van der Waals surface area contributed by atoms with Gasteiger partial charge in [-0.15, -0.1) is 0 Å². The Labute approximate surface area is 181 Å². The molecule has 0 atom stereocenters. The number of carbonyl (C=O) groups excluding carboxylic acids is 1. The highest BCUT2D eigenvalue weighted by atomic mass is 32.2. The summed E-state index contributed by atoms with van der Waals surface area (Å²) in [6, 6.07) is 10.1. The van der Waals surface area contributed by atoms with Crippen molar-refractivity contribution in [2.45, 2.75) is 33.0 Å². The fourth-order valence-corrected chi connectivity index (χ4v) is 4.17. The van der Waals surface area contributed by atoms with E-state index in [1.54, 1.807) is 18.3 Å². The number of aromatic nitrogens is 2. The van der Waals surface area contributed by atoms with Gasteiger partial charge in [-0.2, -0.15) is 18.3 Å². The molecule has 0 spiro atoms. The van der Waals surface area contributed by atoms with Gasteiger partial charge in [0.05, 0.1) is 17.6 Å². The van der Waals surface area contributed by atoms with Crippen molar-refractivity contribution in [1.82, 2.24) is 9.78 Å². The van der Waals surface area contributed by atoms with Gasteiger partial charge in [0.1, 0.15) is 0 Å². The molecular formula is C23H20F3N3OS. The Morgan fingerprint density at radius 1 is 1.16 bits per heavy atom. The van der Waals surface area contributed by atoms with E-state index in [4.69, 9.17) is 0 Å². The highest BCUT2D eigenvalue weighted by Crippen LogP contribution is 2.34. The minimum atomic E-state index is -4.42. The maximum absolute atomic E-state index is 13.7. The fraction of sp³-hybridized carbons (Fsp3) is 0.261. The Balaban J connectivity index is 1.62. The number of aliphatic imine (C=N–C) groups is 1. The maximum atomic E-state index is 13.7. The number of allylic oxidation sites excluding steroid dienone is 1. The SMILES string of the molecule is CC(C)Cc1ccc(Cn2cc3cc(/C=C4/C=NC(=O)S4)ccc3n2)c(C(F)(F)F)c1. The average Bonchev–Trinajstić information content (AvgIpc) is 3.26. The zero-order valence-electron chi connectivity index (χ0n) is 17.0. The lowest BCUT2D eigenvalue weighted by molar-refractivity contribution is -0.138. The molecule has 0 saturated carbocycles. The van der Waals surface area contributed by atoms with Gasteiger partial charge in [0.2, 0.25) is 0 Å².